The van der Waals surface area contributed by atoms with E-state index in [2.05, 4.69) is 10.2 Å². The second kappa shape index (κ2) is 3.23. The van der Waals surface area contributed by atoms with E-state index in [1.54, 1.807) is 0 Å². The van der Waals surface area contributed by atoms with Gasteiger partial charge in [0.05, 0.1) is 0 Å². The number of hydrogen-bond acceptors (Lipinski definition) is 2. The fourth-order valence-corrected chi connectivity index (χ4v) is 2.93. The van der Waals surface area contributed by atoms with E-state index in [9.17, 15) is 4.79 Å². The van der Waals surface area contributed by atoms with E-state index in [0.29, 0.717) is 17.9 Å². The first-order valence-corrected chi connectivity index (χ1v) is 5.85. The summed E-state index contributed by atoms with van der Waals surface area (Å²) >= 11 is 0. The van der Waals surface area contributed by atoms with E-state index in [4.69, 9.17) is 0 Å². The van der Waals surface area contributed by atoms with Crippen LogP contribution in [0, 0.1) is 11.8 Å². The molecule has 2 bridgehead atoms. The number of amides is 1. The third kappa shape index (κ3) is 1.34. The molecule has 3 aliphatic rings. The van der Waals surface area contributed by atoms with Gasteiger partial charge >= 0.3 is 0 Å². The molecule has 3 fully saturated rings. The second-order valence-electron chi connectivity index (χ2n) is 5.08. The van der Waals surface area contributed by atoms with E-state index in [1.807, 2.05) is 0 Å². The lowest BCUT2D eigenvalue weighted by atomic mass is 9.83. The predicted octanol–water partition coefficient (Wildman–Crippen LogP) is 0.607. The Balaban J connectivity index is 1.64. The largest absolute Gasteiger partial charge is 0.341 e. The number of fused-ring (bicyclic) bond motifs is 2. The van der Waals surface area contributed by atoms with Crippen LogP contribution in [-0.2, 0) is 4.79 Å². The van der Waals surface area contributed by atoms with Crippen LogP contribution in [0.15, 0.2) is 0 Å². The molecule has 1 N–H and O–H groups in total. The zero-order valence-electron chi connectivity index (χ0n) is 8.54. The van der Waals surface area contributed by atoms with Crippen LogP contribution in [0.3, 0.4) is 0 Å². The van der Waals surface area contributed by atoms with Gasteiger partial charge in [-0.1, -0.05) is 6.42 Å². The summed E-state index contributed by atoms with van der Waals surface area (Å²) in [5.74, 6) is 1.56. The summed E-state index contributed by atoms with van der Waals surface area (Å²) in [6.07, 6.45) is 4.82. The molecule has 1 saturated carbocycles. The Bertz CT molecular complexity index is 238. The molecule has 1 amide bonds. The van der Waals surface area contributed by atoms with Crippen molar-refractivity contribution in [2.75, 3.05) is 19.6 Å². The maximum Gasteiger partial charge on any atom is 0.225 e. The number of nitrogens with zero attached hydrogens (tertiary/aromatic N) is 1. The molecule has 0 radical (unpaired) electrons. The highest BCUT2D eigenvalue weighted by molar-refractivity contribution is 5.79. The van der Waals surface area contributed by atoms with E-state index in [0.717, 1.165) is 38.4 Å². The van der Waals surface area contributed by atoms with Gasteiger partial charge in [0, 0.05) is 31.6 Å². The molecule has 0 unspecified atom stereocenters. The standard InChI is InChI=1S/C11H18N2O/c14-11(9-2-1-3-9)13-6-8-4-10(7-13)12-5-8/h8-10,12H,1-7H2/t8-,10-/m0/s1. The quantitative estimate of drug-likeness (QED) is 0.663. The van der Waals surface area contributed by atoms with E-state index < -0.39 is 0 Å². The molecule has 0 aromatic rings. The number of rotatable bonds is 1. The number of nitrogens with one attached hydrogen (secondary N) is 1. The highest BCUT2D eigenvalue weighted by Gasteiger charge is 2.37. The molecule has 3 rings (SSSR count). The van der Waals surface area contributed by atoms with Gasteiger partial charge in [0.2, 0.25) is 5.91 Å². The smallest absolute Gasteiger partial charge is 0.225 e. The van der Waals surface area contributed by atoms with Crippen molar-refractivity contribution in [3.05, 3.63) is 0 Å². The maximum atomic E-state index is 12.0. The molecule has 2 atom stereocenters. The molecule has 2 heterocycles. The van der Waals surface area contributed by atoms with Crippen LogP contribution >= 0.6 is 0 Å². The first-order chi connectivity index (χ1) is 6.83. The monoisotopic (exact) mass is 194 g/mol. The molecule has 78 valence electrons. The fraction of sp³-hybridized carbons (Fsp3) is 0.909. The zero-order chi connectivity index (χ0) is 9.54. The minimum Gasteiger partial charge on any atom is -0.341 e. The van der Waals surface area contributed by atoms with Crippen molar-refractivity contribution >= 4 is 5.91 Å². The number of piperidine rings is 1. The van der Waals surface area contributed by atoms with Crippen molar-refractivity contribution < 1.29 is 4.79 Å². The second-order valence-corrected chi connectivity index (χ2v) is 5.08. The Kier molecular flexibility index (Phi) is 2.01. The molecule has 0 aromatic heterocycles. The van der Waals surface area contributed by atoms with Crippen LogP contribution in [0.2, 0.25) is 0 Å². The van der Waals surface area contributed by atoms with Gasteiger partial charge in [-0.15, -0.1) is 0 Å². The summed E-state index contributed by atoms with van der Waals surface area (Å²) < 4.78 is 0. The third-order valence-electron chi connectivity index (χ3n) is 4.00. The fourth-order valence-electron chi connectivity index (χ4n) is 2.93. The predicted molar refractivity (Wildman–Crippen MR) is 53.8 cm³/mol. The SMILES string of the molecule is O=C(C1CCC1)N1C[C@@H]2CN[C@@H](C2)C1. The Hall–Kier alpha value is -0.570. The lowest BCUT2D eigenvalue weighted by Crippen LogP contribution is -2.47. The summed E-state index contributed by atoms with van der Waals surface area (Å²) in [6.45, 7) is 3.10. The molecule has 1 aliphatic carbocycles. The van der Waals surface area contributed by atoms with Crippen LogP contribution in [0.1, 0.15) is 25.7 Å². The molecular formula is C11H18N2O. The number of likely N-dealkylation sites (tertiary alicyclic amines) is 1. The van der Waals surface area contributed by atoms with Gasteiger partial charge in [0.15, 0.2) is 0 Å². The summed E-state index contributed by atoms with van der Waals surface area (Å²) in [7, 11) is 0. The molecule has 2 saturated heterocycles. The lowest BCUT2D eigenvalue weighted by molar-refractivity contribution is -0.139. The highest BCUT2D eigenvalue weighted by atomic mass is 16.2. The summed E-state index contributed by atoms with van der Waals surface area (Å²) in [5.41, 5.74) is 0. The first-order valence-electron chi connectivity index (χ1n) is 5.85. The van der Waals surface area contributed by atoms with Gasteiger partial charge in [-0.3, -0.25) is 4.79 Å². The Labute approximate surface area is 84.8 Å². The maximum absolute atomic E-state index is 12.0. The van der Waals surface area contributed by atoms with E-state index in [-0.39, 0.29) is 0 Å². The van der Waals surface area contributed by atoms with Gasteiger partial charge < -0.3 is 10.2 Å². The van der Waals surface area contributed by atoms with Crippen molar-refractivity contribution in [3.63, 3.8) is 0 Å². The lowest BCUT2D eigenvalue weighted by Gasteiger charge is -2.36. The number of carbonyl (C=O) groups excluding carboxylic acids is 1. The zero-order valence-corrected chi connectivity index (χ0v) is 8.54. The minimum atomic E-state index is 0.382. The van der Waals surface area contributed by atoms with Crippen molar-refractivity contribution in [2.45, 2.75) is 31.7 Å². The number of hydrogen-bond donors (Lipinski definition) is 1. The summed E-state index contributed by atoms with van der Waals surface area (Å²) in [5, 5.41) is 3.48. The van der Waals surface area contributed by atoms with E-state index in [1.165, 1.54) is 12.8 Å². The van der Waals surface area contributed by atoms with Crippen LogP contribution in [0.25, 0.3) is 0 Å². The van der Waals surface area contributed by atoms with Gasteiger partial charge in [-0.25, -0.2) is 0 Å². The summed E-state index contributed by atoms with van der Waals surface area (Å²) in [4.78, 5) is 14.1. The molecule has 3 nitrogen and oxygen atoms in total. The molecule has 0 spiro atoms. The Morgan fingerprint density at radius 1 is 1.29 bits per heavy atom. The van der Waals surface area contributed by atoms with E-state index >= 15 is 0 Å². The highest BCUT2D eigenvalue weighted by Crippen LogP contribution is 2.31. The van der Waals surface area contributed by atoms with Crippen molar-refractivity contribution in [1.82, 2.24) is 10.2 Å². The van der Waals surface area contributed by atoms with Gasteiger partial charge in [-0.2, -0.15) is 0 Å². The molecule has 14 heavy (non-hydrogen) atoms. The van der Waals surface area contributed by atoms with Crippen molar-refractivity contribution in [2.24, 2.45) is 11.8 Å². The molecule has 2 aliphatic heterocycles. The van der Waals surface area contributed by atoms with Crippen LogP contribution in [-0.4, -0.2) is 36.5 Å². The Morgan fingerprint density at radius 2 is 2.14 bits per heavy atom. The molecule has 3 heteroatoms. The third-order valence-corrected chi connectivity index (χ3v) is 4.00. The van der Waals surface area contributed by atoms with Crippen LogP contribution in [0.4, 0.5) is 0 Å². The molecular weight excluding hydrogens is 176 g/mol. The topological polar surface area (TPSA) is 32.3 Å². The average Bonchev–Trinajstić information content (AvgIpc) is 2.42. The normalized spacial score (nSPS) is 37.0. The minimum absolute atomic E-state index is 0.382. The summed E-state index contributed by atoms with van der Waals surface area (Å²) in [6, 6.07) is 0.595. The van der Waals surface area contributed by atoms with Gasteiger partial charge in [0.25, 0.3) is 0 Å². The van der Waals surface area contributed by atoms with Crippen molar-refractivity contribution in [3.8, 4) is 0 Å². The molecule has 0 aromatic carbocycles. The Morgan fingerprint density at radius 3 is 2.79 bits per heavy atom. The first kappa shape index (κ1) is 8.72. The van der Waals surface area contributed by atoms with Crippen LogP contribution < -0.4 is 5.32 Å². The number of carbonyl (C=O) groups is 1. The van der Waals surface area contributed by atoms with Gasteiger partial charge in [0.1, 0.15) is 0 Å². The average molecular weight is 194 g/mol. The van der Waals surface area contributed by atoms with Gasteiger partial charge in [-0.05, 0) is 25.2 Å². The van der Waals surface area contributed by atoms with Crippen LogP contribution in [0.5, 0.6) is 0 Å². The van der Waals surface area contributed by atoms with Crippen molar-refractivity contribution in [1.29, 1.82) is 0 Å².